The maximum absolute atomic E-state index is 14.0. The predicted octanol–water partition coefficient (Wildman–Crippen LogP) is -1.70. The van der Waals surface area contributed by atoms with Gasteiger partial charge in [0.1, 0.15) is 30.2 Å². The number of ether oxygens (including phenoxy) is 2. The number of nitrogens with two attached hydrogens (primary N) is 2. The Morgan fingerprint density at radius 1 is 0.970 bits per heavy atom. The maximum Gasteiger partial charge on any atom is 0.472 e. The van der Waals surface area contributed by atoms with Crippen LogP contribution in [0.3, 0.4) is 0 Å². The van der Waals surface area contributed by atoms with Crippen molar-refractivity contribution in [3.8, 4) is 0 Å². The number of aliphatic hydroxyl groups is 1. The molecule has 1 aromatic rings. The van der Waals surface area contributed by atoms with E-state index in [-0.39, 0.29) is 56.0 Å². The molecule has 12 N–H and O–H groups in total. The normalized spacial score (nSPS) is 18.0. The number of likely N-dealkylation sites (tertiary alicyclic amines) is 1. The highest BCUT2D eigenvalue weighted by molar-refractivity contribution is 7.80. The molecule has 1 aliphatic heterocycles. The fourth-order valence-corrected chi connectivity index (χ4v) is 7.40. The summed E-state index contributed by atoms with van der Waals surface area (Å²) >= 11 is 4.04. The molecule has 2 heterocycles. The summed E-state index contributed by atoms with van der Waals surface area (Å²) in [5.74, 6) is -5.11. The van der Waals surface area contributed by atoms with Crippen LogP contribution in [0.2, 0.25) is 0 Å². The molecule has 26 heteroatoms. The number of carbonyl (C=O) groups excluding carboxylic acids is 7. The third kappa shape index (κ3) is 20.0. The van der Waals surface area contributed by atoms with Crippen LogP contribution >= 0.6 is 20.5 Å². The second-order valence-electron chi connectivity index (χ2n) is 17.6. The van der Waals surface area contributed by atoms with Crippen molar-refractivity contribution in [3.63, 3.8) is 0 Å². The smallest absolute Gasteiger partial charge is 0.394 e. The predicted molar refractivity (Wildman–Crippen MR) is 242 cm³/mol. The molecule has 1 aromatic heterocycles. The van der Waals surface area contributed by atoms with Crippen molar-refractivity contribution in [3.05, 3.63) is 18.2 Å². The second-order valence-corrected chi connectivity index (χ2v) is 19.5. The van der Waals surface area contributed by atoms with Gasteiger partial charge in [0.05, 0.1) is 55.9 Å². The fourth-order valence-electron chi connectivity index (χ4n) is 6.60. The van der Waals surface area contributed by atoms with Crippen molar-refractivity contribution in [2.45, 2.75) is 141 Å². The van der Waals surface area contributed by atoms with Gasteiger partial charge in [0.2, 0.25) is 41.4 Å². The molecule has 0 radical (unpaired) electrons. The Labute approximate surface area is 390 Å². The number of carbonyl (C=O) groups is 7. The molecule has 1 fully saturated rings. The number of rotatable bonds is 30. The van der Waals surface area contributed by atoms with Gasteiger partial charge in [0.25, 0.3) is 0 Å². The highest BCUT2D eigenvalue weighted by atomic mass is 32.1. The molecule has 0 saturated carbocycles. The van der Waals surface area contributed by atoms with Crippen molar-refractivity contribution < 1.29 is 66.6 Å². The van der Waals surface area contributed by atoms with Crippen molar-refractivity contribution in [2.75, 3.05) is 45.8 Å². The zero-order chi connectivity index (χ0) is 50.0. The summed E-state index contributed by atoms with van der Waals surface area (Å²) in [4.78, 5) is 110. The van der Waals surface area contributed by atoms with Gasteiger partial charge in [-0.15, -0.1) is 0 Å². The summed E-state index contributed by atoms with van der Waals surface area (Å²) in [5.41, 5.74) is 10.1. The van der Waals surface area contributed by atoms with E-state index in [1.807, 2.05) is 41.5 Å². The van der Waals surface area contributed by atoms with Crippen molar-refractivity contribution in [2.24, 2.45) is 17.4 Å². The van der Waals surface area contributed by atoms with Crippen LogP contribution in [0.4, 0.5) is 0 Å². The van der Waals surface area contributed by atoms with Crippen molar-refractivity contribution in [1.29, 1.82) is 0 Å². The van der Waals surface area contributed by atoms with Gasteiger partial charge in [-0.3, -0.25) is 42.6 Å². The SMILES string of the molecule is COP(=O)(O)O[C@H](C)[C@H](NC(=O)[C@H](CO)NC(=O)[C@H](Cc1cnc[nH]1)NC(=O)[C@H](CC(C)C)NC(=O)[C@@H]1CCCN1C(=O)CCOC(C)(C)COC(C)(C)CCNC(=O)[C@@H](N)CS)C(N)=O. The zero-order valence-corrected chi connectivity index (χ0v) is 40.8. The summed E-state index contributed by atoms with van der Waals surface area (Å²) in [6.45, 7) is 12.1. The number of thiol groups is 1. The summed E-state index contributed by atoms with van der Waals surface area (Å²) in [6.07, 6.45) is 2.55. The number of phosphoric acid groups is 1. The van der Waals surface area contributed by atoms with Crippen molar-refractivity contribution >= 4 is 61.8 Å². The van der Waals surface area contributed by atoms with E-state index in [9.17, 15) is 48.1 Å². The average Bonchev–Trinajstić information content (AvgIpc) is 3.96. The van der Waals surface area contributed by atoms with E-state index in [4.69, 9.17) is 25.5 Å². The van der Waals surface area contributed by atoms with Gasteiger partial charge >= 0.3 is 7.82 Å². The standard InChI is InChI=1S/C40H71N10O14PS/c1-23(2)16-27(47-38(58)30-10-9-14-50(30)31(52)11-15-62-40(6,7)21-63-39(4,5)12-13-44-34(54)26(41)20-66)35(55)46-28(17-25-18-43-22-45-25)36(56)48-29(19-51)37(57)49-32(33(42)53)24(3)64-65(59,60)61-8/h18,22-24,26-30,32,51,66H,9-17,19-21,41H2,1-8H3,(H2,42,53)(H,43,45)(H,44,54)(H,46,55)(H,47,58)(H,48,56)(H,49,57)(H,59,60)/t24-,26+,27+,28+,29+,30+,32+/m1/s1. The first kappa shape index (κ1) is 57.9. The lowest BCUT2D eigenvalue weighted by Crippen LogP contribution is -2.61. The van der Waals surface area contributed by atoms with E-state index in [1.165, 1.54) is 17.4 Å². The van der Waals surface area contributed by atoms with E-state index in [1.54, 1.807) is 0 Å². The first-order valence-corrected chi connectivity index (χ1v) is 23.7. The van der Waals surface area contributed by atoms with Gasteiger partial charge in [-0.2, -0.15) is 12.6 Å². The molecule has 1 saturated heterocycles. The third-order valence-electron chi connectivity index (χ3n) is 10.4. The second kappa shape index (κ2) is 27.0. The fraction of sp³-hybridized carbons (Fsp3) is 0.750. The molecule has 0 aromatic carbocycles. The van der Waals surface area contributed by atoms with E-state index in [0.29, 0.717) is 38.0 Å². The van der Waals surface area contributed by atoms with E-state index < -0.39 is 97.5 Å². The zero-order valence-electron chi connectivity index (χ0n) is 39.0. The molecule has 1 unspecified atom stereocenters. The summed E-state index contributed by atoms with van der Waals surface area (Å²) < 4.78 is 33.2. The number of H-pyrrole nitrogens is 1. The van der Waals surface area contributed by atoms with Crippen LogP contribution in [0.25, 0.3) is 0 Å². The molecule has 8 atom stereocenters. The molecule has 0 aliphatic carbocycles. The molecule has 66 heavy (non-hydrogen) atoms. The van der Waals surface area contributed by atoms with Crippen LogP contribution < -0.4 is 38.1 Å². The van der Waals surface area contributed by atoms with Crippen LogP contribution in [-0.4, -0.2) is 166 Å². The Balaban J connectivity index is 2.11. The lowest BCUT2D eigenvalue weighted by molar-refractivity contribution is -0.144. The molecule has 376 valence electrons. The minimum Gasteiger partial charge on any atom is -0.394 e. The number of amides is 7. The minimum atomic E-state index is -4.63. The molecular formula is C40H71N10O14PS. The Morgan fingerprint density at radius 3 is 2.18 bits per heavy atom. The quantitative estimate of drug-likeness (QED) is 0.0302. The van der Waals surface area contributed by atoms with Crippen LogP contribution in [0.1, 0.15) is 86.3 Å². The van der Waals surface area contributed by atoms with Crippen LogP contribution in [0, 0.1) is 5.92 Å². The lowest BCUT2D eigenvalue weighted by Gasteiger charge is -2.32. The van der Waals surface area contributed by atoms with Gasteiger partial charge < -0.3 is 67.4 Å². The number of nitrogens with one attached hydrogen (secondary N) is 6. The number of hydrogen-bond acceptors (Lipinski definition) is 16. The van der Waals surface area contributed by atoms with Crippen molar-refractivity contribution in [1.82, 2.24) is 41.5 Å². The number of aromatic amines is 1. The number of phosphoric ester groups is 1. The van der Waals surface area contributed by atoms with Gasteiger partial charge in [-0.1, -0.05) is 13.8 Å². The number of hydrogen-bond donors (Lipinski definition) is 11. The lowest BCUT2D eigenvalue weighted by atomic mass is 10.0. The van der Waals surface area contributed by atoms with E-state index in [2.05, 4.69) is 53.7 Å². The van der Waals surface area contributed by atoms with Crippen LogP contribution in [-0.2, 0) is 63.1 Å². The number of nitrogens with zero attached hydrogens (tertiary/aromatic N) is 2. The number of primary amides is 1. The Kier molecular flexibility index (Phi) is 23.7. The molecule has 24 nitrogen and oxygen atoms in total. The highest BCUT2D eigenvalue weighted by Crippen LogP contribution is 2.43. The molecule has 0 bridgehead atoms. The van der Waals surface area contributed by atoms with Gasteiger partial charge in [0, 0.05) is 44.3 Å². The number of aliphatic hydroxyl groups excluding tert-OH is 1. The Morgan fingerprint density at radius 2 is 1.61 bits per heavy atom. The van der Waals surface area contributed by atoms with Gasteiger partial charge in [-0.25, -0.2) is 9.55 Å². The number of aromatic nitrogens is 2. The van der Waals surface area contributed by atoms with Crippen LogP contribution in [0.5, 0.6) is 0 Å². The molecule has 0 spiro atoms. The van der Waals surface area contributed by atoms with E-state index >= 15 is 0 Å². The molecular weight excluding hydrogens is 908 g/mol. The first-order chi connectivity index (χ1) is 30.7. The highest BCUT2D eigenvalue weighted by Gasteiger charge is 2.38. The largest absolute Gasteiger partial charge is 0.472 e. The topological polar surface area (TPSA) is 358 Å². The minimum absolute atomic E-state index is 0.0320. The first-order valence-electron chi connectivity index (χ1n) is 21.6. The number of imidazole rings is 1. The molecule has 7 amide bonds. The van der Waals surface area contributed by atoms with Crippen LogP contribution in [0.15, 0.2) is 12.5 Å². The van der Waals surface area contributed by atoms with Gasteiger partial charge in [0.15, 0.2) is 0 Å². The van der Waals surface area contributed by atoms with Gasteiger partial charge in [-0.05, 0) is 66.2 Å². The Bertz CT molecular complexity index is 1820. The summed E-state index contributed by atoms with van der Waals surface area (Å²) in [6, 6.07) is -7.60. The Hall–Kier alpha value is -4.20. The average molecular weight is 979 g/mol. The monoisotopic (exact) mass is 978 g/mol. The molecule has 1 aliphatic rings. The summed E-state index contributed by atoms with van der Waals surface area (Å²) in [5, 5.41) is 22.7. The summed E-state index contributed by atoms with van der Waals surface area (Å²) in [7, 11) is -3.74. The third-order valence-corrected chi connectivity index (χ3v) is 11.9. The molecule has 2 rings (SSSR count). The van der Waals surface area contributed by atoms with E-state index in [0.717, 1.165) is 14.0 Å². The maximum atomic E-state index is 14.0.